The van der Waals surface area contributed by atoms with Gasteiger partial charge in [-0.15, -0.1) is 0 Å². The second-order valence-electron chi connectivity index (χ2n) is 4.23. The lowest BCUT2D eigenvalue weighted by Crippen LogP contribution is -1.86. The lowest BCUT2D eigenvalue weighted by Gasteiger charge is -2.06. The number of carbonyl (C=O) groups is 1. The van der Waals surface area contributed by atoms with Crippen molar-refractivity contribution in [2.24, 2.45) is 0 Å². The molecule has 0 aliphatic carbocycles. The van der Waals surface area contributed by atoms with Gasteiger partial charge in [0.15, 0.2) is 6.29 Å². The number of hydrogen-bond acceptors (Lipinski definition) is 1. The highest BCUT2D eigenvalue weighted by atomic mass is 35.5. The molecule has 0 N–H and O–H groups in total. The fraction of sp³-hybridized carbons (Fsp3) is 0.133. The maximum atomic E-state index is 10.7. The number of hydrogen-bond donors (Lipinski definition) is 0. The number of carbonyl (C=O) groups excluding carboxylic acids is 1. The topological polar surface area (TPSA) is 17.1 Å². The van der Waals surface area contributed by atoms with Gasteiger partial charge in [-0.2, -0.15) is 0 Å². The van der Waals surface area contributed by atoms with Gasteiger partial charge in [0, 0.05) is 5.56 Å². The first-order chi connectivity index (χ1) is 8.10. The maximum absolute atomic E-state index is 10.7. The molecule has 0 spiro atoms. The first-order valence-corrected chi connectivity index (χ1v) is 5.81. The Kier molecular flexibility index (Phi) is 3.30. The van der Waals surface area contributed by atoms with E-state index >= 15 is 0 Å². The Labute approximate surface area is 106 Å². The number of aldehydes is 1. The predicted octanol–water partition coefficient (Wildman–Crippen LogP) is 4.44. The molecule has 2 aromatic rings. The summed E-state index contributed by atoms with van der Waals surface area (Å²) in [6, 6.07) is 11.9. The van der Waals surface area contributed by atoms with E-state index in [1.165, 1.54) is 11.1 Å². The molecule has 2 rings (SSSR count). The number of halogens is 1. The Morgan fingerprint density at radius 3 is 2.12 bits per heavy atom. The minimum Gasteiger partial charge on any atom is -0.298 e. The Morgan fingerprint density at radius 1 is 0.941 bits per heavy atom. The molecule has 0 atom stereocenters. The molecule has 0 amide bonds. The smallest absolute Gasteiger partial charge is 0.151 e. The van der Waals surface area contributed by atoms with Crippen molar-refractivity contribution in [1.82, 2.24) is 0 Å². The molecule has 0 aliphatic heterocycles. The van der Waals surface area contributed by atoms with Gasteiger partial charge >= 0.3 is 0 Å². The van der Waals surface area contributed by atoms with Crippen LogP contribution in [0.4, 0.5) is 0 Å². The van der Waals surface area contributed by atoms with Crippen molar-refractivity contribution < 1.29 is 4.79 Å². The Balaban J connectivity index is 2.53. The van der Waals surface area contributed by atoms with Gasteiger partial charge in [-0.05, 0) is 37.1 Å². The summed E-state index contributed by atoms with van der Waals surface area (Å²) in [5, 5.41) is 0.497. The van der Waals surface area contributed by atoms with E-state index in [1.54, 1.807) is 6.07 Å². The summed E-state index contributed by atoms with van der Waals surface area (Å²) in [4.78, 5) is 10.7. The van der Waals surface area contributed by atoms with Gasteiger partial charge in [0.25, 0.3) is 0 Å². The Hall–Kier alpha value is -1.60. The van der Waals surface area contributed by atoms with Crippen molar-refractivity contribution in [3.63, 3.8) is 0 Å². The van der Waals surface area contributed by atoms with Crippen LogP contribution in [0.3, 0.4) is 0 Å². The highest BCUT2D eigenvalue weighted by molar-refractivity contribution is 6.33. The quantitative estimate of drug-likeness (QED) is 0.714. The molecule has 0 fully saturated rings. The van der Waals surface area contributed by atoms with E-state index in [0.717, 1.165) is 17.4 Å². The number of rotatable bonds is 2. The molecular formula is C15H13ClO. The lowest BCUT2D eigenvalue weighted by molar-refractivity contribution is 0.112. The SMILES string of the molecule is Cc1cc(C)cc(-c2ccc(C=O)c(Cl)c2)c1. The molecule has 0 heterocycles. The summed E-state index contributed by atoms with van der Waals surface area (Å²) >= 11 is 6.03. The van der Waals surface area contributed by atoms with Crippen LogP contribution in [0, 0.1) is 13.8 Å². The third-order valence-electron chi connectivity index (χ3n) is 2.68. The summed E-state index contributed by atoms with van der Waals surface area (Å²) in [5.41, 5.74) is 5.13. The van der Waals surface area contributed by atoms with Crippen LogP contribution in [0.2, 0.25) is 5.02 Å². The zero-order chi connectivity index (χ0) is 12.4. The van der Waals surface area contributed by atoms with Crippen molar-refractivity contribution in [2.45, 2.75) is 13.8 Å². The summed E-state index contributed by atoms with van der Waals surface area (Å²) in [6.07, 6.45) is 0.771. The maximum Gasteiger partial charge on any atom is 0.151 e. The monoisotopic (exact) mass is 244 g/mol. The van der Waals surface area contributed by atoms with Crippen LogP contribution in [0.15, 0.2) is 36.4 Å². The van der Waals surface area contributed by atoms with E-state index in [0.29, 0.717) is 10.6 Å². The molecule has 0 saturated heterocycles. The van der Waals surface area contributed by atoms with Gasteiger partial charge in [0.1, 0.15) is 0 Å². The van der Waals surface area contributed by atoms with Crippen LogP contribution >= 0.6 is 11.6 Å². The molecule has 2 aromatic carbocycles. The van der Waals surface area contributed by atoms with Crippen LogP contribution in [-0.2, 0) is 0 Å². The summed E-state index contributed by atoms with van der Waals surface area (Å²) in [7, 11) is 0. The van der Waals surface area contributed by atoms with Crippen LogP contribution in [0.5, 0.6) is 0 Å². The van der Waals surface area contributed by atoms with Gasteiger partial charge in [-0.1, -0.05) is 47.0 Å². The first kappa shape index (κ1) is 11.9. The molecule has 0 radical (unpaired) electrons. The Bertz CT molecular complexity index is 553. The van der Waals surface area contributed by atoms with E-state index in [-0.39, 0.29) is 0 Å². The fourth-order valence-electron chi connectivity index (χ4n) is 1.94. The van der Waals surface area contributed by atoms with Gasteiger partial charge in [0.05, 0.1) is 5.02 Å². The lowest BCUT2D eigenvalue weighted by atomic mass is 10.00. The third kappa shape index (κ3) is 2.56. The second kappa shape index (κ2) is 4.72. The van der Waals surface area contributed by atoms with E-state index in [9.17, 15) is 4.79 Å². The van der Waals surface area contributed by atoms with E-state index in [1.807, 2.05) is 12.1 Å². The molecule has 0 unspecified atom stereocenters. The normalized spacial score (nSPS) is 10.3. The van der Waals surface area contributed by atoms with Crippen LogP contribution in [-0.4, -0.2) is 6.29 Å². The second-order valence-corrected chi connectivity index (χ2v) is 4.64. The molecular weight excluding hydrogens is 232 g/mol. The number of benzene rings is 2. The Morgan fingerprint density at radius 2 is 1.59 bits per heavy atom. The van der Waals surface area contributed by atoms with Gasteiger partial charge in [-0.25, -0.2) is 0 Å². The van der Waals surface area contributed by atoms with Crippen molar-refractivity contribution in [1.29, 1.82) is 0 Å². The third-order valence-corrected chi connectivity index (χ3v) is 3.01. The first-order valence-electron chi connectivity index (χ1n) is 5.43. The molecule has 0 saturated carbocycles. The van der Waals surface area contributed by atoms with Crippen LogP contribution in [0.1, 0.15) is 21.5 Å². The fourth-order valence-corrected chi connectivity index (χ4v) is 2.17. The van der Waals surface area contributed by atoms with Gasteiger partial charge in [-0.3, -0.25) is 4.79 Å². The van der Waals surface area contributed by atoms with E-state index in [2.05, 4.69) is 32.0 Å². The molecule has 1 nitrogen and oxygen atoms in total. The van der Waals surface area contributed by atoms with Crippen molar-refractivity contribution in [3.8, 4) is 11.1 Å². The van der Waals surface area contributed by atoms with Crippen LogP contribution < -0.4 is 0 Å². The van der Waals surface area contributed by atoms with Crippen LogP contribution in [0.25, 0.3) is 11.1 Å². The summed E-state index contributed by atoms with van der Waals surface area (Å²) in [5.74, 6) is 0. The summed E-state index contributed by atoms with van der Waals surface area (Å²) in [6.45, 7) is 4.13. The molecule has 0 aliphatic rings. The van der Waals surface area contributed by atoms with E-state index in [4.69, 9.17) is 11.6 Å². The highest BCUT2D eigenvalue weighted by Crippen LogP contribution is 2.26. The number of aryl methyl sites for hydroxylation is 2. The zero-order valence-corrected chi connectivity index (χ0v) is 10.6. The molecule has 86 valence electrons. The minimum atomic E-state index is 0.497. The highest BCUT2D eigenvalue weighted by Gasteiger charge is 2.04. The minimum absolute atomic E-state index is 0.497. The average molecular weight is 245 g/mol. The zero-order valence-electron chi connectivity index (χ0n) is 9.83. The molecule has 2 heteroatoms. The van der Waals surface area contributed by atoms with E-state index < -0.39 is 0 Å². The molecule has 17 heavy (non-hydrogen) atoms. The standard InChI is InChI=1S/C15H13ClO/c1-10-5-11(2)7-14(6-10)12-3-4-13(9-17)15(16)8-12/h3-9H,1-2H3. The predicted molar refractivity (Wildman–Crippen MR) is 71.7 cm³/mol. The molecule has 0 aromatic heterocycles. The molecule has 0 bridgehead atoms. The van der Waals surface area contributed by atoms with Gasteiger partial charge in [0.2, 0.25) is 0 Å². The van der Waals surface area contributed by atoms with Crippen molar-refractivity contribution in [2.75, 3.05) is 0 Å². The van der Waals surface area contributed by atoms with Gasteiger partial charge < -0.3 is 0 Å². The van der Waals surface area contributed by atoms with Crippen molar-refractivity contribution >= 4 is 17.9 Å². The largest absolute Gasteiger partial charge is 0.298 e. The summed E-state index contributed by atoms with van der Waals surface area (Å²) < 4.78 is 0. The van der Waals surface area contributed by atoms with Crippen molar-refractivity contribution in [3.05, 3.63) is 58.1 Å². The average Bonchev–Trinajstić information content (AvgIpc) is 2.27.